The van der Waals surface area contributed by atoms with E-state index >= 15 is 0 Å². The third-order valence-electron chi connectivity index (χ3n) is 1.82. The first-order valence-corrected chi connectivity index (χ1v) is 4.37. The van der Waals surface area contributed by atoms with Gasteiger partial charge in [0.05, 0.1) is 38.5 Å². The topological polar surface area (TPSA) is 99.0 Å². The molecule has 84 valence electrons. The smallest absolute Gasteiger partial charge is 0.319 e. The quantitative estimate of drug-likeness (QED) is 0.355. The van der Waals surface area contributed by atoms with Crippen LogP contribution in [0.15, 0.2) is 0 Å². The zero-order valence-corrected chi connectivity index (χ0v) is 8.19. The number of esters is 1. The van der Waals surface area contributed by atoms with E-state index in [4.69, 9.17) is 15.3 Å². The summed E-state index contributed by atoms with van der Waals surface area (Å²) >= 11 is 0. The minimum atomic E-state index is -1.23. The maximum Gasteiger partial charge on any atom is 0.319 e. The van der Waals surface area contributed by atoms with Crippen molar-refractivity contribution in [3.8, 4) is 0 Å². The van der Waals surface area contributed by atoms with E-state index in [0.29, 0.717) is 0 Å². The summed E-state index contributed by atoms with van der Waals surface area (Å²) in [5, 5.41) is 29.2. The van der Waals surface area contributed by atoms with Gasteiger partial charge in [-0.3, -0.25) is 10.1 Å². The molecular weight excluding hydrogens is 190 g/mol. The van der Waals surface area contributed by atoms with Gasteiger partial charge in [-0.05, 0) is 6.92 Å². The monoisotopic (exact) mass is 207 g/mol. The molecule has 0 heterocycles. The SMILES string of the molecule is CCOC(=O)CNC(CO)(CO)CO. The highest BCUT2D eigenvalue weighted by Crippen LogP contribution is 2.00. The van der Waals surface area contributed by atoms with Gasteiger partial charge in [-0.25, -0.2) is 0 Å². The van der Waals surface area contributed by atoms with Crippen molar-refractivity contribution in [3.63, 3.8) is 0 Å². The second-order valence-corrected chi connectivity index (χ2v) is 2.91. The fraction of sp³-hybridized carbons (Fsp3) is 0.875. The Bertz CT molecular complexity index is 161. The Morgan fingerprint density at radius 2 is 1.79 bits per heavy atom. The molecule has 0 aromatic heterocycles. The van der Waals surface area contributed by atoms with E-state index in [1.165, 1.54) is 0 Å². The molecule has 0 spiro atoms. The van der Waals surface area contributed by atoms with Crippen LogP contribution in [0.3, 0.4) is 0 Å². The number of rotatable bonds is 7. The predicted molar refractivity (Wildman–Crippen MR) is 48.6 cm³/mol. The van der Waals surface area contributed by atoms with Crippen molar-refractivity contribution in [3.05, 3.63) is 0 Å². The number of ether oxygens (including phenoxy) is 1. The van der Waals surface area contributed by atoms with Gasteiger partial charge in [0.15, 0.2) is 0 Å². The second-order valence-electron chi connectivity index (χ2n) is 2.91. The first-order chi connectivity index (χ1) is 6.64. The van der Waals surface area contributed by atoms with Crippen LogP contribution in [0.5, 0.6) is 0 Å². The van der Waals surface area contributed by atoms with Gasteiger partial charge in [0.1, 0.15) is 0 Å². The Hall–Kier alpha value is -0.690. The van der Waals surface area contributed by atoms with Crippen molar-refractivity contribution < 1.29 is 24.9 Å². The van der Waals surface area contributed by atoms with Gasteiger partial charge in [-0.2, -0.15) is 0 Å². The van der Waals surface area contributed by atoms with Crippen molar-refractivity contribution in [1.29, 1.82) is 0 Å². The zero-order valence-electron chi connectivity index (χ0n) is 8.19. The number of aliphatic hydroxyl groups excluding tert-OH is 3. The molecule has 0 amide bonds. The van der Waals surface area contributed by atoms with E-state index in [1.807, 2.05) is 0 Å². The maximum atomic E-state index is 10.9. The van der Waals surface area contributed by atoms with Crippen LogP contribution in [0.25, 0.3) is 0 Å². The summed E-state index contributed by atoms with van der Waals surface area (Å²) in [6.45, 7) is 0.411. The Kier molecular flexibility index (Phi) is 6.39. The molecule has 0 unspecified atom stereocenters. The minimum Gasteiger partial charge on any atom is -0.465 e. The van der Waals surface area contributed by atoms with Gasteiger partial charge >= 0.3 is 5.97 Å². The summed E-state index contributed by atoms with van der Waals surface area (Å²) in [5.41, 5.74) is -1.23. The molecule has 0 saturated heterocycles. The van der Waals surface area contributed by atoms with Crippen molar-refractivity contribution in [1.82, 2.24) is 5.32 Å². The van der Waals surface area contributed by atoms with E-state index in [0.717, 1.165) is 0 Å². The first-order valence-electron chi connectivity index (χ1n) is 4.37. The highest BCUT2D eigenvalue weighted by Gasteiger charge is 2.28. The second kappa shape index (κ2) is 6.72. The average Bonchev–Trinajstić information content (AvgIpc) is 2.21. The van der Waals surface area contributed by atoms with Gasteiger partial charge in [0.2, 0.25) is 0 Å². The number of carbonyl (C=O) groups excluding carboxylic acids is 1. The number of hydrogen-bond acceptors (Lipinski definition) is 6. The van der Waals surface area contributed by atoms with Gasteiger partial charge in [0.25, 0.3) is 0 Å². The maximum absolute atomic E-state index is 10.9. The largest absolute Gasteiger partial charge is 0.465 e. The molecule has 0 aromatic carbocycles. The molecule has 0 atom stereocenters. The van der Waals surface area contributed by atoms with Gasteiger partial charge < -0.3 is 20.1 Å². The third kappa shape index (κ3) is 4.01. The molecule has 6 nitrogen and oxygen atoms in total. The predicted octanol–water partition coefficient (Wildman–Crippen LogP) is -2.15. The number of carbonyl (C=O) groups is 1. The van der Waals surface area contributed by atoms with Gasteiger partial charge in [0, 0.05) is 0 Å². The molecule has 0 bridgehead atoms. The van der Waals surface area contributed by atoms with Crippen molar-refractivity contribution in [2.75, 3.05) is 33.0 Å². The molecule has 14 heavy (non-hydrogen) atoms. The van der Waals surface area contributed by atoms with Crippen LogP contribution in [0.2, 0.25) is 0 Å². The van der Waals surface area contributed by atoms with E-state index in [9.17, 15) is 4.79 Å². The van der Waals surface area contributed by atoms with Crippen LogP contribution in [0, 0.1) is 0 Å². The standard InChI is InChI=1S/C8H17NO5/c1-2-14-7(13)3-9-8(4-10,5-11)6-12/h9-12H,2-6H2,1H3. The van der Waals surface area contributed by atoms with Gasteiger partial charge in [-0.1, -0.05) is 0 Å². The molecule has 0 fully saturated rings. The zero-order chi connectivity index (χ0) is 11.0. The lowest BCUT2D eigenvalue weighted by Gasteiger charge is -2.28. The summed E-state index contributed by atoms with van der Waals surface area (Å²) in [5.74, 6) is -0.493. The summed E-state index contributed by atoms with van der Waals surface area (Å²) in [4.78, 5) is 10.9. The average molecular weight is 207 g/mol. The molecule has 0 aliphatic heterocycles. The molecule has 0 aliphatic rings. The van der Waals surface area contributed by atoms with Crippen molar-refractivity contribution in [2.24, 2.45) is 0 Å². The molecular formula is C8H17NO5. The minimum absolute atomic E-state index is 0.157. The Morgan fingerprint density at radius 1 is 1.29 bits per heavy atom. The lowest BCUT2D eigenvalue weighted by atomic mass is 10.0. The molecule has 0 radical (unpaired) electrons. The van der Waals surface area contributed by atoms with E-state index in [2.05, 4.69) is 10.1 Å². The summed E-state index contributed by atoms with van der Waals surface area (Å²) < 4.78 is 4.62. The molecule has 4 N–H and O–H groups in total. The third-order valence-corrected chi connectivity index (χ3v) is 1.82. The van der Waals surface area contributed by atoms with Crippen molar-refractivity contribution >= 4 is 5.97 Å². The molecule has 0 aromatic rings. The molecule has 0 rings (SSSR count). The van der Waals surface area contributed by atoms with Crippen LogP contribution >= 0.6 is 0 Å². The van der Waals surface area contributed by atoms with Crippen LogP contribution in [0.1, 0.15) is 6.92 Å². The molecule has 0 saturated carbocycles. The first kappa shape index (κ1) is 13.3. The van der Waals surface area contributed by atoms with E-state index in [-0.39, 0.29) is 13.2 Å². The lowest BCUT2D eigenvalue weighted by Crippen LogP contribution is -2.56. The fourth-order valence-electron chi connectivity index (χ4n) is 0.789. The Balaban J connectivity index is 3.99. The van der Waals surface area contributed by atoms with Crippen LogP contribution < -0.4 is 5.32 Å². The van der Waals surface area contributed by atoms with Crippen molar-refractivity contribution in [2.45, 2.75) is 12.5 Å². The van der Waals surface area contributed by atoms with Crippen LogP contribution in [-0.4, -0.2) is 59.8 Å². The number of hydrogen-bond donors (Lipinski definition) is 4. The number of aliphatic hydroxyl groups is 3. The van der Waals surface area contributed by atoms with E-state index < -0.39 is 31.3 Å². The van der Waals surface area contributed by atoms with Crippen LogP contribution in [-0.2, 0) is 9.53 Å². The Morgan fingerprint density at radius 3 is 2.14 bits per heavy atom. The summed E-state index contributed by atoms with van der Waals surface area (Å²) in [6, 6.07) is 0. The Labute approximate surface area is 82.5 Å². The number of nitrogens with one attached hydrogen (secondary N) is 1. The molecule has 6 heteroatoms. The van der Waals surface area contributed by atoms with Crippen LogP contribution in [0.4, 0.5) is 0 Å². The normalized spacial score (nSPS) is 11.4. The highest BCUT2D eigenvalue weighted by atomic mass is 16.5. The van der Waals surface area contributed by atoms with Gasteiger partial charge in [-0.15, -0.1) is 0 Å². The fourth-order valence-corrected chi connectivity index (χ4v) is 0.789. The lowest BCUT2D eigenvalue weighted by molar-refractivity contribution is -0.142. The summed E-state index contributed by atoms with van der Waals surface area (Å²) in [7, 11) is 0. The van der Waals surface area contributed by atoms with E-state index in [1.54, 1.807) is 6.92 Å². The summed E-state index contributed by atoms with van der Waals surface area (Å²) in [6.07, 6.45) is 0. The highest BCUT2D eigenvalue weighted by molar-refractivity contribution is 5.71. The molecule has 0 aliphatic carbocycles.